The SMILES string of the molecule is O=P(O)(O)C1CCC(P(=O)(O)O)C1. The van der Waals surface area contributed by atoms with Gasteiger partial charge in [-0.15, -0.1) is 0 Å². The van der Waals surface area contributed by atoms with Crippen molar-refractivity contribution >= 4 is 15.2 Å². The Balaban J connectivity index is 2.66. The fourth-order valence-electron chi connectivity index (χ4n) is 1.55. The molecule has 4 N–H and O–H groups in total. The fourth-order valence-corrected chi connectivity index (χ4v) is 3.74. The van der Waals surface area contributed by atoms with E-state index in [9.17, 15) is 9.13 Å². The van der Waals surface area contributed by atoms with Crippen LogP contribution in [0, 0.1) is 0 Å². The third-order valence-electron chi connectivity index (χ3n) is 2.33. The van der Waals surface area contributed by atoms with Crippen molar-refractivity contribution in [3.8, 4) is 0 Å². The topological polar surface area (TPSA) is 115 Å². The first-order valence-electron chi connectivity index (χ1n) is 3.81. The highest BCUT2D eigenvalue weighted by molar-refractivity contribution is 7.54. The molecule has 8 heteroatoms. The molecule has 2 unspecified atom stereocenters. The molecular formula is C5H12O6P2. The first kappa shape index (κ1) is 11.4. The van der Waals surface area contributed by atoms with Crippen LogP contribution in [-0.4, -0.2) is 30.9 Å². The second-order valence-electron chi connectivity index (χ2n) is 3.30. The molecule has 6 nitrogen and oxygen atoms in total. The largest absolute Gasteiger partial charge is 0.328 e. The van der Waals surface area contributed by atoms with E-state index in [-0.39, 0.29) is 19.3 Å². The maximum Gasteiger partial charge on any atom is 0.328 e. The molecule has 2 atom stereocenters. The second kappa shape index (κ2) is 3.46. The summed E-state index contributed by atoms with van der Waals surface area (Å²) >= 11 is 0. The molecule has 1 aliphatic rings. The van der Waals surface area contributed by atoms with Gasteiger partial charge in [0.15, 0.2) is 0 Å². The van der Waals surface area contributed by atoms with Gasteiger partial charge in [0, 0.05) is 0 Å². The third-order valence-corrected chi connectivity index (χ3v) is 5.17. The molecule has 78 valence electrons. The smallest absolute Gasteiger partial charge is 0.324 e. The van der Waals surface area contributed by atoms with E-state index in [1.54, 1.807) is 0 Å². The van der Waals surface area contributed by atoms with Crippen molar-refractivity contribution in [2.45, 2.75) is 30.6 Å². The Kier molecular flexibility index (Phi) is 3.03. The van der Waals surface area contributed by atoms with Crippen LogP contribution < -0.4 is 0 Å². The van der Waals surface area contributed by atoms with Gasteiger partial charge in [0.1, 0.15) is 0 Å². The van der Waals surface area contributed by atoms with Crippen LogP contribution in [0.25, 0.3) is 0 Å². The van der Waals surface area contributed by atoms with Crippen LogP contribution in [0.2, 0.25) is 0 Å². The van der Waals surface area contributed by atoms with Gasteiger partial charge >= 0.3 is 15.2 Å². The lowest BCUT2D eigenvalue weighted by molar-refractivity contribution is 0.353. The molecule has 1 saturated carbocycles. The number of rotatable bonds is 2. The van der Waals surface area contributed by atoms with Crippen molar-refractivity contribution in [3.05, 3.63) is 0 Å². The van der Waals surface area contributed by atoms with Gasteiger partial charge in [-0.2, -0.15) is 0 Å². The molecule has 0 heterocycles. The van der Waals surface area contributed by atoms with Gasteiger partial charge in [-0.3, -0.25) is 9.13 Å². The minimum absolute atomic E-state index is 0.0748. The molecule has 13 heavy (non-hydrogen) atoms. The van der Waals surface area contributed by atoms with Gasteiger partial charge in [0.05, 0.1) is 11.3 Å². The standard InChI is InChI=1S/C5H12O6P2/c6-12(7,8)4-1-2-5(3-4)13(9,10)11/h4-5H,1-3H2,(H2,6,7,8)(H2,9,10,11). The van der Waals surface area contributed by atoms with E-state index in [1.165, 1.54) is 0 Å². The Bertz CT molecular complexity index is 249. The molecule has 1 rings (SSSR count). The van der Waals surface area contributed by atoms with Crippen LogP contribution in [0.3, 0.4) is 0 Å². The van der Waals surface area contributed by atoms with Gasteiger partial charge in [0.2, 0.25) is 0 Å². The van der Waals surface area contributed by atoms with Crippen molar-refractivity contribution in [2.75, 3.05) is 0 Å². The highest BCUT2D eigenvalue weighted by Crippen LogP contribution is 2.57. The van der Waals surface area contributed by atoms with Crippen LogP contribution in [0.5, 0.6) is 0 Å². The molecule has 1 fully saturated rings. The van der Waals surface area contributed by atoms with E-state index in [2.05, 4.69) is 0 Å². The van der Waals surface area contributed by atoms with E-state index >= 15 is 0 Å². The van der Waals surface area contributed by atoms with Crippen LogP contribution in [0.1, 0.15) is 19.3 Å². The lowest BCUT2D eigenvalue weighted by Crippen LogP contribution is -2.07. The molecule has 1 aliphatic carbocycles. The average molecular weight is 230 g/mol. The van der Waals surface area contributed by atoms with Gasteiger partial charge in [-0.1, -0.05) is 0 Å². The molecule has 0 amide bonds. The lowest BCUT2D eigenvalue weighted by Gasteiger charge is -2.13. The Labute approximate surface area is 75.3 Å². The first-order valence-corrected chi connectivity index (χ1v) is 7.18. The normalized spacial score (nSPS) is 30.8. The highest BCUT2D eigenvalue weighted by Gasteiger charge is 2.43. The first-order chi connectivity index (χ1) is 5.71. The van der Waals surface area contributed by atoms with Crippen molar-refractivity contribution in [3.63, 3.8) is 0 Å². The summed E-state index contributed by atoms with van der Waals surface area (Å²) in [6.07, 6.45) is 0.314. The minimum atomic E-state index is -4.16. The predicted octanol–water partition coefficient (Wildman–Crippen LogP) is 0.263. The Morgan fingerprint density at radius 1 is 0.846 bits per heavy atom. The van der Waals surface area contributed by atoms with Gasteiger partial charge in [0.25, 0.3) is 0 Å². The fraction of sp³-hybridized carbons (Fsp3) is 1.00. The summed E-state index contributed by atoms with van der Waals surface area (Å²) in [6, 6.07) is 0. The zero-order valence-corrected chi connectivity index (χ0v) is 8.56. The van der Waals surface area contributed by atoms with Gasteiger partial charge in [-0.05, 0) is 19.3 Å². The van der Waals surface area contributed by atoms with Crippen LogP contribution in [0.15, 0.2) is 0 Å². The monoisotopic (exact) mass is 230 g/mol. The third kappa shape index (κ3) is 2.88. The predicted molar refractivity (Wildman–Crippen MR) is 45.5 cm³/mol. The average Bonchev–Trinajstić information content (AvgIpc) is 2.28. The molecule has 0 bridgehead atoms. The molecular weight excluding hydrogens is 218 g/mol. The van der Waals surface area contributed by atoms with E-state index in [0.29, 0.717) is 0 Å². The van der Waals surface area contributed by atoms with E-state index in [1.807, 2.05) is 0 Å². The van der Waals surface area contributed by atoms with E-state index < -0.39 is 26.5 Å². The van der Waals surface area contributed by atoms with Crippen molar-refractivity contribution < 1.29 is 28.7 Å². The zero-order chi connectivity index (χ0) is 10.3. The highest BCUT2D eigenvalue weighted by atomic mass is 31.2. The molecule has 0 aromatic carbocycles. The quantitative estimate of drug-likeness (QED) is 0.506. The molecule has 0 radical (unpaired) electrons. The molecule has 0 aliphatic heterocycles. The second-order valence-corrected chi connectivity index (χ2v) is 7.12. The lowest BCUT2D eigenvalue weighted by atomic mass is 10.4. The molecule has 0 spiro atoms. The maximum atomic E-state index is 10.7. The Hall–Kier alpha value is 0.300. The van der Waals surface area contributed by atoms with Gasteiger partial charge in [-0.25, -0.2) is 0 Å². The van der Waals surface area contributed by atoms with Gasteiger partial charge < -0.3 is 19.6 Å². The van der Waals surface area contributed by atoms with Crippen molar-refractivity contribution in [2.24, 2.45) is 0 Å². The summed E-state index contributed by atoms with van der Waals surface area (Å²) < 4.78 is 21.5. The Morgan fingerprint density at radius 2 is 1.15 bits per heavy atom. The molecule has 0 aromatic rings. The Morgan fingerprint density at radius 3 is 1.31 bits per heavy atom. The molecule has 0 saturated heterocycles. The van der Waals surface area contributed by atoms with Crippen LogP contribution in [-0.2, 0) is 9.13 Å². The number of hydrogen-bond acceptors (Lipinski definition) is 2. The zero-order valence-electron chi connectivity index (χ0n) is 6.78. The summed E-state index contributed by atoms with van der Waals surface area (Å²) in [5.74, 6) is 0. The van der Waals surface area contributed by atoms with Crippen molar-refractivity contribution in [1.29, 1.82) is 0 Å². The number of hydrogen-bond donors (Lipinski definition) is 4. The molecule has 0 aromatic heterocycles. The van der Waals surface area contributed by atoms with E-state index in [4.69, 9.17) is 19.6 Å². The maximum absolute atomic E-state index is 10.7. The summed E-state index contributed by atoms with van der Waals surface area (Å²) in [7, 11) is -8.33. The minimum Gasteiger partial charge on any atom is -0.324 e. The van der Waals surface area contributed by atoms with Crippen LogP contribution in [0.4, 0.5) is 0 Å². The van der Waals surface area contributed by atoms with E-state index in [0.717, 1.165) is 0 Å². The summed E-state index contributed by atoms with van der Waals surface area (Å²) in [5.41, 5.74) is -1.74. The summed E-state index contributed by atoms with van der Waals surface area (Å²) in [4.78, 5) is 35.0. The summed E-state index contributed by atoms with van der Waals surface area (Å²) in [5, 5.41) is 0. The summed E-state index contributed by atoms with van der Waals surface area (Å²) in [6.45, 7) is 0. The van der Waals surface area contributed by atoms with Crippen molar-refractivity contribution in [1.82, 2.24) is 0 Å². The van der Waals surface area contributed by atoms with Crippen LogP contribution >= 0.6 is 15.2 Å².